The van der Waals surface area contributed by atoms with Crippen LogP contribution in [0.1, 0.15) is 23.7 Å². The number of ketones is 1. The van der Waals surface area contributed by atoms with Crippen LogP contribution in [0, 0.1) is 0 Å². The van der Waals surface area contributed by atoms with Gasteiger partial charge in [-0.25, -0.2) is 0 Å². The fourth-order valence-electron chi connectivity index (χ4n) is 2.52. The van der Waals surface area contributed by atoms with Crippen LogP contribution in [-0.4, -0.2) is 18.9 Å². The first-order valence-corrected chi connectivity index (χ1v) is 7.76. The van der Waals surface area contributed by atoms with Crippen LogP contribution in [0.15, 0.2) is 46.9 Å². The lowest BCUT2D eigenvalue weighted by Gasteiger charge is -2.25. The number of fused-ring (bicyclic) bond motifs is 1. The Hall–Kier alpha value is -1.81. The quantitative estimate of drug-likeness (QED) is 0.746. The zero-order chi connectivity index (χ0) is 14.8. The van der Waals surface area contributed by atoms with Crippen molar-refractivity contribution in [2.75, 3.05) is 18.1 Å². The minimum Gasteiger partial charge on any atom is -0.491 e. The highest BCUT2D eigenvalue weighted by molar-refractivity contribution is 9.10. The minimum atomic E-state index is 0.0712. The molecule has 0 unspecified atom stereocenters. The van der Waals surface area contributed by atoms with Crippen LogP contribution >= 0.6 is 15.9 Å². The van der Waals surface area contributed by atoms with E-state index in [4.69, 9.17) is 4.74 Å². The highest BCUT2D eigenvalue weighted by Gasteiger charge is 2.19. The third-order valence-corrected chi connectivity index (χ3v) is 4.22. The van der Waals surface area contributed by atoms with Gasteiger partial charge in [-0.15, -0.1) is 0 Å². The molecule has 4 heteroatoms. The van der Waals surface area contributed by atoms with Crippen molar-refractivity contribution in [1.29, 1.82) is 0 Å². The van der Waals surface area contributed by atoms with E-state index in [0.29, 0.717) is 5.56 Å². The second-order valence-electron chi connectivity index (χ2n) is 5.04. The summed E-state index contributed by atoms with van der Waals surface area (Å²) in [5.41, 5.74) is 2.83. The number of nitrogens with zero attached hydrogens (tertiary/aromatic N) is 1. The molecule has 108 valence electrons. The molecule has 0 N–H and O–H groups in total. The van der Waals surface area contributed by atoms with E-state index in [9.17, 15) is 4.79 Å². The van der Waals surface area contributed by atoms with Gasteiger partial charge in [-0.3, -0.25) is 4.79 Å². The molecular weight excluding hydrogens is 330 g/mol. The molecule has 0 fully saturated rings. The van der Waals surface area contributed by atoms with Crippen molar-refractivity contribution in [3.8, 4) is 5.75 Å². The SMILES string of the molecule is CC(=O)c1ccc(N2CCCOc3ccccc32)c(Br)c1. The molecule has 1 aliphatic heterocycles. The molecule has 0 amide bonds. The number of para-hydroxylation sites is 2. The van der Waals surface area contributed by atoms with Gasteiger partial charge in [0.15, 0.2) is 5.78 Å². The van der Waals surface area contributed by atoms with Gasteiger partial charge in [-0.1, -0.05) is 12.1 Å². The van der Waals surface area contributed by atoms with E-state index >= 15 is 0 Å². The lowest BCUT2D eigenvalue weighted by atomic mass is 10.1. The van der Waals surface area contributed by atoms with Crippen molar-refractivity contribution in [2.24, 2.45) is 0 Å². The summed E-state index contributed by atoms with van der Waals surface area (Å²) in [6.45, 7) is 3.18. The Balaban J connectivity index is 2.06. The summed E-state index contributed by atoms with van der Waals surface area (Å²) in [5.74, 6) is 0.972. The van der Waals surface area contributed by atoms with Crippen molar-refractivity contribution >= 4 is 33.1 Å². The number of halogens is 1. The first-order chi connectivity index (χ1) is 10.2. The normalized spacial score (nSPS) is 14.1. The number of ether oxygens (including phenoxy) is 1. The molecule has 0 aliphatic carbocycles. The van der Waals surface area contributed by atoms with Gasteiger partial charge < -0.3 is 9.64 Å². The van der Waals surface area contributed by atoms with Crippen molar-refractivity contribution < 1.29 is 9.53 Å². The largest absolute Gasteiger partial charge is 0.491 e. The summed E-state index contributed by atoms with van der Waals surface area (Å²) in [7, 11) is 0. The number of carbonyl (C=O) groups is 1. The Morgan fingerprint density at radius 3 is 2.76 bits per heavy atom. The number of hydrogen-bond acceptors (Lipinski definition) is 3. The predicted molar refractivity (Wildman–Crippen MR) is 87.7 cm³/mol. The van der Waals surface area contributed by atoms with Crippen LogP contribution in [-0.2, 0) is 0 Å². The van der Waals surface area contributed by atoms with Crippen LogP contribution in [0.2, 0.25) is 0 Å². The molecule has 0 atom stereocenters. The fraction of sp³-hybridized carbons (Fsp3) is 0.235. The van der Waals surface area contributed by atoms with Crippen LogP contribution in [0.25, 0.3) is 0 Å². The number of Topliss-reactive ketones (excluding diaryl/α,β-unsaturated/α-hetero) is 1. The van der Waals surface area contributed by atoms with Gasteiger partial charge in [0.05, 0.1) is 18.0 Å². The molecule has 21 heavy (non-hydrogen) atoms. The van der Waals surface area contributed by atoms with Crippen LogP contribution in [0.3, 0.4) is 0 Å². The number of anilines is 2. The molecule has 0 saturated carbocycles. The van der Waals surface area contributed by atoms with E-state index in [0.717, 1.165) is 41.2 Å². The van der Waals surface area contributed by atoms with E-state index in [1.54, 1.807) is 6.92 Å². The maximum absolute atomic E-state index is 11.5. The highest BCUT2D eigenvalue weighted by Crippen LogP contribution is 2.39. The third-order valence-electron chi connectivity index (χ3n) is 3.58. The molecule has 1 heterocycles. The van der Waals surface area contributed by atoms with E-state index in [1.165, 1.54) is 0 Å². The van der Waals surface area contributed by atoms with Gasteiger partial charge in [0, 0.05) is 16.6 Å². The Bertz CT molecular complexity index is 684. The average Bonchev–Trinajstić information content (AvgIpc) is 2.69. The number of carbonyl (C=O) groups excluding carboxylic acids is 1. The van der Waals surface area contributed by atoms with Gasteiger partial charge in [-0.2, -0.15) is 0 Å². The molecule has 0 aromatic heterocycles. The fourth-order valence-corrected chi connectivity index (χ4v) is 3.12. The summed E-state index contributed by atoms with van der Waals surface area (Å²) < 4.78 is 6.71. The maximum Gasteiger partial charge on any atom is 0.159 e. The summed E-state index contributed by atoms with van der Waals surface area (Å²) in [5, 5.41) is 0. The highest BCUT2D eigenvalue weighted by atomic mass is 79.9. The summed E-state index contributed by atoms with van der Waals surface area (Å²) in [6.07, 6.45) is 0.954. The first kappa shape index (κ1) is 14.1. The van der Waals surface area contributed by atoms with Crippen molar-refractivity contribution in [3.05, 3.63) is 52.5 Å². The standard InChI is InChI=1S/C17H16BrNO2/c1-12(20)13-7-8-15(14(18)11-13)19-9-4-10-21-17-6-3-2-5-16(17)19/h2-3,5-8,11H,4,9-10H2,1H3. The van der Waals surface area contributed by atoms with Crippen LogP contribution < -0.4 is 9.64 Å². The summed E-state index contributed by atoms with van der Waals surface area (Å²) in [4.78, 5) is 13.7. The molecule has 2 aromatic rings. The second-order valence-corrected chi connectivity index (χ2v) is 5.90. The smallest absolute Gasteiger partial charge is 0.159 e. The van der Waals surface area contributed by atoms with E-state index in [1.807, 2.05) is 36.4 Å². The zero-order valence-corrected chi connectivity index (χ0v) is 13.4. The van der Waals surface area contributed by atoms with Gasteiger partial charge in [-0.05, 0) is 59.6 Å². The molecule has 3 nitrogen and oxygen atoms in total. The van der Waals surface area contributed by atoms with Gasteiger partial charge >= 0.3 is 0 Å². The van der Waals surface area contributed by atoms with Crippen molar-refractivity contribution in [1.82, 2.24) is 0 Å². The van der Waals surface area contributed by atoms with Gasteiger partial charge in [0.25, 0.3) is 0 Å². The van der Waals surface area contributed by atoms with Crippen molar-refractivity contribution in [2.45, 2.75) is 13.3 Å². The summed E-state index contributed by atoms with van der Waals surface area (Å²) in [6, 6.07) is 13.8. The number of hydrogen-bond donors (Lipinski definition) is 0. The molecule has 1 aliphatic rings. The minimum absolute atomic E-state index is 0.0712. The van der Waals surface area contributed by atoms with Gasteiger partial charge in [0.2, 0.25) is 0 Å². The van der Waals surface area contributed by atoms with Crippen molar-refractivity contribution in [3.63, 3.8) is 0 Å². The number of benzene rings is 2. The molecule has 3 rings (SSSR count). The molecule has 0 spiro atoms. The lowest BCUT2D eigenvalue weighted by Crippen LogP contribution is -2.18. The second kappa shape index (κ2) is 5.90. The van der Waals surface area contributed by atoms with Crippen LogP contribution in [0.5, 0.6) is 5.75 Å². The lowest BCUT2D eigenvalue weighted by molar-refractivity contribution is 0.101. The first-order valence-electron chi connectivity index (χ1n) is 6.96. The Kier molecular flexibility index (Phi) is 3.97. The van der Waals surface area contributed by atoms with Crippen LogP contribution in [0.4, 0.5) is 11.4 Å². The van der Waals surface area contributed by atoms with Gasteiger partial charge in [0.1, 0.15) is 5.75 Å². The summed E-state index contributed by atoms with van der Waals surface area (Å²) >= 11 is 3.59. The topological polar surface area (TPSA) is 29.5 Å². The van der Waals surface area contributed by atoms with E-state index < -0.39 is 0 Å². The zero-order valence-electron chi connectivity index (χ0n) is 11.8. The monoisotopic (exact) mass is 345 g/mol. The molecule has 0 radical (unpaired) electrons. The molecule has 2 aromatic carbocycles. The molecular formula is C17H16BrNO2. The molecule has 0 saturated heterocycles. The molecule has 0 bridgehead atoms. The predicted octanol–water partition coefficient (Wildman–Crippen LogP) is 4.57. The average molecular weight is 346 g/mol. The van der Waals surface area contributed by atoms with E-state index in [-0.39, 0.29) is 5.78 Å². The Morgan fingerprint density at radius 2 is 2.00 bits per heavy atom. The number of rotatable bonds is 2. The Labute approximate surface area is 132 Å². The van der Waals surface area contributed by atoms with E-state index in [2.05, 4.69) is 26.9 Å². The maximum atomic E-state index is 11.5. The Morgan fingerprint density at radius 1 is 1.19 bits per heavy atom. The third kappa shape index (κ3) is 2.81.